The van der Waals surface area contributed by atoms with Crippen LogP contribution in [-0.2, 0) is 4.74 Å². The molecule has 2 aromatic carbocycles. The Hall–Kier alpha value is -2.66. The van der Waals surface area contributed by atoms with E-state index in [0.717, 1.165) is 23.2 Å². The fraction of sp³-hybridized carbons (Fsp3) is 0.300. The van der Waals surface area contributed by atoms with E-state index >= 15 is 0 Å². The second-order valence-corrected chi connectivity index (χ2v) is 5.96. The first-order chi connectivity index (χ1) is 12.0. The highest BCUT2D eigenvalue weighted by Crippen LogP contribution is 2.17. The summed E-state index contributed by atoms with van der Waals surface area (Å²) in [7, 11) is 1.62. The summed E-state index contributed by atoms with van der Waals surface area (Å²) < 4.78 is 4.95. The van der Waals surface area contributed by atoms with Gasteiger partial charge in [0, 0.05) is 37.1 Å². The first-order valence-corrected chi connectivity index (χ1v) is 8.27. The summed E-state index contributed by atoms with van der Waals surface area (Å²) in [5.74, 6) is -0.432. The Morgan fingerprint density at radius 3 is 2.40 bits per heavy atom. The number of amides is 2. The Labute approximate surface area is 148 Å². The molecule has 0 bridgehead atoms. The maximum Gasteiger partial charge on any atom is 0.255 e. The number of benzene rings is 2. The monoisotopic (exact) mass is 340 g/mol. The molecule has 2 amide bonds. The molecular weight excluding hydrogens is 316 g/mol. The normalized spacial score (nSPS) is 10.4. The molecule has 0 aliphatic carbocycles. The van der Waals surface area contributed by atoms with Crippen molar-refractivity contribution in [1.82, 2.24) is 5.32 Å². The Bertz CT molecular complexity index is 756. The average molecular weight is 340 g/mol. The third-order valence-corrected chi connectivity index (χ3v) is 3.83. The second-order valence-electron chi connectivity index (χ2n) is 5.96. The SMILES string of the molecule is COCCCNC(=O)c1cccc(C(=O)Nc2ccc(C)cc2C)c1. The summed E-state index contributed by atoms with van der Waals surface area (Å²) in [6.45, 7) is 5.09. The van der Waals surface area contributed by atoms with Crippen molar-refractivity contribution < 1.29 is 14.3 Å². The number of carbonyl (C=O) groups excluding carboxylic acids is 2. The van der Waals surface area contributed by atoms with Gasteiger partial charge in [0.2, 0.25) is 0 Å². The largest absolute Gasteiger partial charge is 0.385 e. The van der Waals surface area contributed by atoms with E-state index in [0.29, 0.717) is 24.3 Å². The molecule has 2 aromatic rings. The van der Waals surface area contributed by atoms with Crippen LogP contribution in [0.3, 0.4) is 0 Å². The summed E-state index contributed by atoms with van der Waals surface area (Å²) in [6.07, 6.45) is 0.745. The summed E-state index contributed by atoms with van der Waals surface area (Å²) in [4.78, 5) is 24.6. The molecular formula is C20H24N2O3. The van der Waals surface area contributed by atoms with Crippen LogP contribution in [0.2, 0.25) is 0 Å². The Morgan fingerprint density at radius 1 is 1.00 bits per heavy atom. The lowest BCUT2D eigenvalue weighted by Crippen LogP contribution is -2.25. The van der Waals surface area contributed by atoms with Crippen molar-refractivity contribution in [2.24, 2.45) is 0 Å². The average Bonchev–Trinajstić information content (AvgIpc) is 2.61. The van der Waals surface area contributed by atoms with Gasteiger partial charge < -0.3 is 15.4 Å². The number of carbonyl (C=O) groups is 2. The van der Waals surface area contributed by atoms with Gasteiger partial charge in [-0.2, -0.15) is 0 Å². The van der Waals surface area contributed by atoms with Crippen molar-refractivity contribution in [3.05, 3.63) is 64.7 Å². The minimum absolute atomic E-state index is 0.197. The molecule has 25 heavy (non-hydrogen) atoms. The third kappa shape index (κ3) is 5.43. The highest BCUT2D eigenvalue weighted by atomic mass is 16.5. The van der Waals surface area contributed by atoms with Gasteiger partial charge in [-0.1, -0.05) is 23.8 Å². The topological polar surface area (TPSA) is 67.4 Å². The van der Waals surface area contributed by atoms with Gasteiger partial charge in [-0.25, -0.2) is 0 Å². The molecule has 0 saturated carbocycles. The molecule has 0 unspecified atom stereocenters. The van der Waals surface area contributed by atoms with E-state index in [9.17, 15) is 9.59 Å². The molecule has 0 atom stereocenters. The van der Waals surface area contributed by atoms with E-state index in [1.165, 1.54) is 0 Å². The van der Waals surface area contributed by atoms with Gasteiger partial charge in [0.15, 0.2) is 0 Å². The van der Waals surface area contributed by atoms with Crippen molar-refractivity contribution in [3.8, 4) is 0 Å². The van der Waals surface area contributed by atoms with Gasteiger partial charge in [-0.05, 0) is 50.1 Å². The second kappa shape index (κ2) is 8.99. The van der Waals surface area contributed by atoms with Gasteiger partial charge in [0.05, 0.1) is 0 Å². The van der Waals surface area contributed by atoms with Crippen molar-refractivity contribution in [1.29, 1.82) is 0 Å². The van der Waals surface area contributed by atoms with Gasteiger partial charge in [-0.3, -0.25) is 9.59 Å². The smallest absolute Gasteiger partial charge is 0.255 e. The first-order valence-electron chi connectivity index (χ1n) is 8.27. The maximum absolute atomic E-state index is 12.5. The summed E-state index contributed by atoms with van der Waals surface area (Å²) >= 11 is 0. The predicted molar refractivity (Wildman–Crippen MR) is 99.1 cm³/mol. The summed E-state index contributed by atoms with van der Waals surface area (Å²) in [5, 5.41) is 5.71. The molecule has 0 aliphatic rings. The Morgan fingerprint density at radius 2 is 1.72 bits per heavy atom. The van der Waals surface area contributed by atoms with Gasteiger partial charge in [0.1, 0.15) is 0 Å². The summed E-state index contributed by atoms with van der Waals surface area (Å²) in [5.41, 5.74) is 3.82. The van der Waals surface area contributed by atoms with Crippen LogP contribution in [0.15, 0.2) is 42.5 Å². The lowest BCUT2D eigenvalue weighted by atomic mass is 10.1. The standard InChI is InChI=1S/C20H24N2O3/c1-14-8-9-18(15(2)12-14)22-20(24)17-7-4-6-16(13-17)19(23)21-10-5-11-25-3/h4,6-9,12-13H,5,10-11H2,1-3H3,(H,21,23)(H,22,24). The fourth-order valence-electron chi connectivity index (χ4n) is 2.47. The van der Waals surface area contributed by atoms with Crippen molar-refractivity contribution in [3.63, 3.8) is 0 Å². The van der Waals surface area contributed by atoms with Crippen LogP contribution in [0.4, 0.5) is 5.69 Å². The number of hydrogen-bond acceptors (Lipinski definition) is 3. The van der Waals surface area contributed by atoms with E-state index in [1.807, 2.05) is 32.0 Å². The molecule has 0 heterocycles. The lowest BCUT2D eigenvalue weighted by Gasteiger charge is -2.10. The number of hydrogen-bond donors (Lipinski definition) is 2. The zero-order valence-electron chi connectivity index (χ0n) is 14.9. The molecule has 0 aromatic heterocycles. The van der Waals surface area contributed by atoms with Crippen molar-refractivity contribution in [2.75, 3.05) is 25.6 Å². The van der Waals surface area contributed by atoms with Crippen LogP contribution in [-0.4, -0.2) is 32.1 Å². The zero-order chi connectivity index (χ0) is 18.2. The molecule has 0 radical (unpaired) electrons. The van der Waals surface area contributed by atoms with E-state index in [2.05, 4.69) is 10.6 Å². The van der Waals surface area contributed by atoms with E-state index in [1.54, 1.807) is 31.4 Å². The van der Waals surface area contributed by atoms with E-state index in [4.69, 9.17) is 4.74 Å². The molecule has 0 saturated heterocycles. The lowest BCUT2D eigenvalue weighted by molar-refractivity contribution is 0.0948. The molecule has 0 spiro atoms. The van der Waals surface area contributed by atoms with Crippen LogP contribution >= 0.6 is 0 Å². The van der Waals surface area contributed by atoms with Gasteiger partial charge >= 0.3 is 0 Å². The van der Waals surface area contributed by atoms with Crippen LogP contribution < -0.4 is 10.6 Å². The van der Waals surface area contributed by atoms with Crippen LogP contribution in [0.5, 0.6) is 0 Å². The minimum atomic E-state index is -0.235. The number of methoxy groups -OCH3 is 1. The highest BCUT2D eigenvalue weighted by Gasteiger charge is 2.11. The molecule has 132 valence electrons. The third-order valence-electron chi connectivity index (χ3n) is 3.83. The predicted octanol–water partition coefficient (Wildman–Crippen LogP) is 3.32. The quantitative estimate of drug-likeness (QED) is 0.760. The number of nitrogens with one attached hydrogen (secondary N) is 2. The van der Waals surface area contributed by atoms with E-state index in [-0.39, 0.29) is 11.8 Å². The number of anilines is 1. The van der Waals surface area contributed by atoms with Crippen LogP contribution in [0, 0.1) is 13.8 Å². The molecule has 0 fully saturated rings. The zero-order valence-corrected chi connectivity index (χ0v) is 14.9. The van der Waals surface area contributed by atoms with Crippen LogP contribution in [0.1, 0.15) is 38.3 Å². The number of rotatable bonds is 7. The van der Waals surface area contributed by atoms with Gasteiger partial charge in [-0.15, -0.1) is 0 Å². The molecule has 5 heteroatoms. The first kappa shape index (κ1) is 18.7. The Kier molecular flexibility index (Phi) is 6.71. The molecule has 2 N–H and O–H groups in total. The van der Waals surface area contributed by atoms with Crippen molar-refractivity contribution >= 4 is 17.5 Å². The highest BCUT2D eigenvalue weighted by molar-refractivity contribution is 6.06. The molecule has 2 rings (SSSR count). The van der Waals surface area contributed by atoms with Crippen LogP contribution in [0.25, 0.3) is 0 Å². The number of ether oxygens (including phenoxy) is 1. The van der Waals surface area contributed by atoms with Gasteiger partial charge in [0.25, 0.3) is 11.8 Å². The molecule has 5 nitrogen and oxygen atoms in total. The number of aryl methyl sites for hydroxylation is 2. The fourth-order valence-corrected chi connectivity index (χ4v) is 2.47. The summed E-state index contributed by atoms with van der Waals surface area (Å²) in [6, 6.07) is 12.5. The van der Waals surface area contributed by atoms with E-state index < -0.39 is 0 Å². The minimum Gasteiger partial charge on any atom is -0.385 e. The van der Waals surface area contributed by atoms with Crippen molar-refractivity contribution in [2.45, 2.75) is 20.3 Å². The Balaban J connectivity index is 2.04. The molecule has 0 aliphatic heterocycles. The maximum atomic E-state index is 12.5.